The largest absolute Gasteiger partial charge is 0.480 e. The van der Waals surface area contributed by atoms with Crippen molar-refractivity contribution in [3.05, 3.63) is 16.6 Å². The summed E-state index contributed by atoms with van der Waals surface area (Å²) in [7, 11) is 0. The summed E-state index contributed by atoms with van der Waals surface area (Å²) < 4.78 is 0. The molecule has 0 bridgehead atoms. The van der Waals surface area contributed by atoms with Gasteiger partial charge in [0.1, 0.15) is 11.0 Å². The zero-order valence-corrected chi connectivity index (χ0v) is 9.74. The molecule has 94 valence electrons. The minimum atomic E-state index is -1.18. The zero-order valence-electron chi connectivity index (χ0n) is 8.92. The molecule has 0 fully saturated rings. The summed E-state index contributed by atoms with van der Waals surface area (Å²) in [5.41, 5.74) is 0. The second kappa shape index (κ2) is 6.81. The lowest BCUT2D eigenvalue weighted by molar-refractivity contribution is -0.139. The zero-order chi connectivity index (χ0) is 12.7. The van der Waals surface area contributed by atoms with E-state index < -0.39 is 18.0 Å². The summed E-state index contributed by atoms with van der Waals surface area (Å²) in [6.07, 6.45) is 1.59. The van der Waals surface area contributed by atoms with Crippen molar-refractivity contribution in [1.82, 2.24) is 15.6 Å². The first kappa shape index (κ1) is 13.4. The number of aliphatic hydroxyl groups excluding tert-OH is 1. The molecule has 2 amide bonds. The first-order chi connectivity index (χ1) is 8.13. The number of carboxylic acids is 1. The molecule has 1 heterocycles. The molecule has 7 nitrogen and oxygen atoms in total. The van der Waals surface area contributed by atoms with Gasteiger partial charge in [-0.15, -0.1) is 11.3 Å². The van der Waals surface area contributed by atoms with Gasteiger partial charge in [-0.1, -0.05) is 0 Å². The van der Waals surface area contributed by atoms with E-state index in [9.17, 15) is 9.59 Å². The van der Waals surface area contributed by atoms with Gasteiger partial charge in [0.05, 0.1) is 6.54 Å². The van der Waals surface area contributed by atoms with E-state index in [2.05, 4.69) is 15.6 Å². The van der Waals surface area contributed by atoms with Crippen LogP contribution >= 0.6 is 11.3 Å². The maximum absolute atomic E-state index is 11.3. The van der Waals surface area contributed by atoms with Crippen molar-refractivity contribution in [2.75, 3.05) is 6.61 Å². The number of aliphatic carboxylic acids is 1. The molecule has 0 aliphatic rings. The summed E-state index contributed by atoms with van der Waals surface area (Å²) in [6.45, 7) is -0.0569. The predicted octanol–water partition coefficient (Wildman–Crippen LogP) is -0.222. The van der Waals surface area contributed by atoms with Gasteiger partial charge in [0.15, 0.2) is 0 Å². The van der Waals surface area contributed by atoms with Gasteiger partial charge in [-0.2, -0.15) is 0 Å². The highest BCUT2D eigenvalue weighted by atomic mass is 32.1. The average molecular weight is 259 g/mol. The lowest BCUT2D eigenvalue weighted by Gasteiger charge is -2.13. The third-order valence-corrected chi connectivity index (χ3v) is 2.68. The molecular formula is C9H13N3O4S. The molecule has 1 atom stereocenters. The number of nitrogens with zero attached hydrogens (tertiary/aromatic N) is 1. The average Bonchev–Trinajstić information content (AvgIpc) is 2.78. The summed E-state index contributed by atoms with van der Waals surface area (Å²) in [5, 5.41) is 24.6. The highest BCUT2D eigenvalue weighted by Crippen LogP contribution is 2.02. The third-order valence-electron chi connectivity index (χ3n) is 1.90. The molecule has 1 aromatic rings. The Morgan fingerprint density at radius 1 is 1.53 bits per heavy atom. The van der Waals surface area contributed by atoms with Crippen LogP contribution in [0.5, 0.6) is 0 Å². The molecule has 0 saturated carbocycles. The van der Waals surface area contributed by atoms with Crippen LogP contribution < -0.4 is 10.6 Å². The molecule has 0 aliphatic heterocycles. The van der Waals surface area contributed by atoms with Crippen LogP contribution in [0.4, 0.5) is 4.79 Å². The van der Waals surface area contributed by atoms with Gasteiger partial charge in [-0.25, -0.2) is 14.6 Å². The highest BCUT2D eigenvalue weighted by molar-refractivity contribution is 7.09. The Balaban J connectivity index is 2.34. The Morgan fingerprint density at radius 3 is 2.82 bits per heavy atom. The Kier molecular flexibility index (Phi) is 5.37. The van der Waals surface area contributed by atoms with Gasteiger partial charge in [0.25, 0.3) is 0 Å². The Labute approximate surface area is 101 Å². The number of rotatable bonds is 6. The molecule has 8 heteroatoms. The first-order valence-electron chi connectivity index (χ1n) is 4.90. The molecule has 17 heavy (non-hydrogen) atoms. The van der Waals surface area contributed by atoms with E-state index in [1.807, 2.05) is 0 Å². The van der Waals surface area contributed by atoms with E-state index in [1.54, 1.807) is 11.6 Å². The monoisotopic (exact) mass is 259 g/mol. The van der Waals surface area contributed by atoms with Gasteiger partial charge in [0, 0.05) is 24.6 Å². The second-order valence-corrected chi connectivity index (χ2v) is 4.14. The van der Waals surface area contributed by atoms with Crippen LogP contribution in [0.3, 0.4) is 0 Å². The van der Waals surface area contributed by atoms with Gasteiger partial charge in [0.2, 0.25) is 0 Å². The molecular weight excluding hydrogens is 246 g/mol. The maximum Gasteiger partial charge on any atom is 0.326 e. The Bertz CT molecular complexity index is 368. The number of hydrogen-bond acceptors (Lipinski definition) is 5. The van der Waals surface area contributed by atoms with Crippen LogP contribution in [-0.4, -0.2) is 39.8 Å². The number of carboxylic acid groups (broad SMARTS) is 1. The Hall–Kier alpha value is -1.67. The van der Waals surface area contributed by atoms with E-state index in [0.29, 0.717) is 0 Å². The second-order valence-electron chi connectivity index (χ2n) is 3.16. The fourth-order valence-corrected chi connectivity index (χ4v) is 1.65. The molecule has 4 N–H and O–H groups in total. The summed E-state index contributed by atoms with van der Waals surface area (Å²) >= 11 is 1.39. The van der Waals surface area contributed by atoms with Crippen molar-refractivity contribution < 1.29 is 19.8 Å². The standard InChI is InChI=1S/C9H13N3O4S/c13-3-1-6(8(14)15)12-9(16)11-5-7-10-2-4-17-7/h2,4,6,13H,1,3,5H2,(H,14,15)(H2,11,12,16). The molecule has 1 aromatic heterocycles. The van der Waals surface area contributed by atoms with Gasteiger partial charge in [-0.3, -0.25) is 0 Å². The maximum atomic E-state index is 11.3. The van der Waals surface area contributed by atoms with Gasteiger partial charge in [-0.05, 0) is 0 Å². The lowest BCUT2D eigenvalue weighted by atomic mass is 10.2. The van der Waals surface area contributed by atoms with Crippen molar-refractivity contribution in [1.29, 1.82) is 0 Å². The molecule has 0 aromatic carbocycles. The van der Waals surface area contributed by atoms with Crippen molar-refractivity contribution >= 4 is 23.3 Å². The van der Waals surface area contributed by atoms with Crippen molar-refractivity contribution in [2.45, 2.75) is 19.0 Å². The quantitative estimate of drug-likeness (QED) is 0.564. The number of urea groups is 1. The van der Waals surface area contributed by atoms with Crippen molar-refractivity contribution in [2.24, 2.45) is 0 Å². The van der Waals surface area contributed by atoms with Crippen LogP contribution in [0.15, 0.2) is 11.6 Å². The number of amides is 2. The van der Waals surface area contributed by atoms with Crippen LogP contribution in [-0.2, 0) is 11.3 Å². The number of aromatic nitrogens is 1. The molecule has 0 radical (unpaired) electrons. The van der Waals surface area contributed by atoms with E-state index in [4.69, 9.17) is 10.2 Å². The van der Waals surface area contributed by atoms with Gasteiger partial charge < -0.3 is 20.8 Å². The molecule has 1 unspecified atom stereocenters. The number of nitrogens with one attached hydrogen (secondary N) is 2. The minimum absolute atomic E-state index is 0.0278. The summed E-state index contributed by atoms with van der Waals surface area (Å²) in [5.74, 6) is -1.18. The number of carbonyl (C=O) groups excluding carboxylic acids is 1. The van der Waals surface area contributed by atoms with Crippen LogP contribution in [0, 0.1) is 0 Å². The van der Waals surface area contributed by atoms with E-state index >= 15 is 0 Å². The number of carbonyl (C=O) groups is 2. The van der Waals surface area contributed by atoms with Crippen LogP contribution in [0.2, 0.25) is 0 Å². The smallest absolute Gasteiger partial charge is 0.326 e. The van der Waals surface area contributed by atoms with E-state index in [1.165, 1.54) is 11.3 Å². The minimum Gasteiger partial charge on any atom is -0.480 e. The Morgan fingerprint density at radius 2 is 2.29 bits per heavy atom. The molecule has 0 saturated heterocycles. The topological polar surface area (TPSA) is 112 Å². The fourth-order valence-electron chi connectivity index (χ4n) is 1.09. The van der Waals surface area contributed by atoms with Crippen molar-refractivity contribution in [3.63, 3.8) is 0 Å². The predicted molar refractivity (Wildman–Crippen MR) is 60.6 cm³/mol. The number of aliphatic hydroxyl groups is 1. The molecule has 1 rings (SSSR count). The van der Waals surface area contributed by atoms with E-state index in [0.717, 1.165) is 5.01 Å². The number of hydrogen-bond donors (Lipinski definition) is 4. The first-order valence-corrected chi connectivity index (χ1v) is 5.78. The van der Waals surface area contributed by atoms with Crippen molar-refractivity contribution in [3.8, 4) is 0 Å². The SMILES string of the molecule is O=C(NCc1nccs1)NC(CCO)C(=O)O. The number of thiazole rings is 1. The normalized spacial score (nSPS) is 11.8. The van der Waals surface area contributed by atoms with Crippen LogP contribution in [0.25, 0.3) is 0 Å². The summed E-state index contributed by atoms with van der Waals surface area (Å²) in [6, 6.07) is -1.68. The summed E-state index contributed by atoms with van der Waals surface area (Å²) in [4.78, 5) is 26.0. The molecule has 0 spiro atoms. The lowest BCUT2D eigenvalue weighted by Crippen LogP contribution is -2.46. The fraction of sp³-hybridized carbons (Fsp3) is 0.444. The van der Waals surface area contributed by atoms with E-state index in [-0.39, 0.29) is 19.6 Å². The van der Waals surface area contributed by atoms with Gasteiger partial charge >= 0.3 is 12.0 Å². The van der Waals surface area contributed by atoms with Crippen LogP contribution in [0.1, 0.15) is 11.4 Å². The third kappa shape index (κ3) is 4.79. The molecule has 0 aliphatic carbocycles. The highest BCUT2D eigenvalue weighted by Gasteiger charge is 2.18.